The van der Waals surface area contributed by atoms with E-state index in [1.165, 1.54) is 35.2 Å². The lowest BCUT2D eigenvalue weighted by molar-refractivity contribution is 0.662. The Morgan fingerprint density at radius 2 is 2.06 bits per heavy atom. The summed E-state index contributed by atoms with van der Waals surface area (Å²) in [6, 6.07) is 9.15. The van der Waals surface area contributed by atoms with Crippen molar-refractivity contribution < 1.29 is 0 Å². The molecule has 0 saturated heterocycles. The molecule has 1 atom stereocenters. The van der Waals surface area contributed by atoms with E-state index in [0.29, 0.717) is 6.04 Å². The summed E-state index contributed by atoms with van der Waals surface area (Å²) in [7, 11) is 0. The molecule has 1 nitrogen and oxygen atoms in total. The van der Waals surface area contributed by atoms with Gasteiger partial charge in [0.05, 0.1) is 6.04 Å². The minimum atomic E-state index is 0.434. The van der Waals surface area contributed by atoms with Gasteiger partial charge in [-0.25, -0.2) is 0 Å². The molecule has 96 valence electrons. The van der Waals surface area contributed by atoms with E-state index in [4.69, 9.17) is 0 Å². The number of allylic oxidation sites excluding steroid dienone is 1. The maximum absolute atomic E-state index is 3.99. The molecule has 1 aliphatic heterocycles. The van der Waals surface area contributed by atoms with Crippen LogP contribution in [0, 0.1) is 0 Å². The molecule has 1 aromatic carbocycles. The molecule has 1 aromatic rings. The lowest BCUT2D eigenvalue weighted by Gasteiger charge is -2.38. The zero-order valence-corrected chi connectivity index (χ0v) is 11.7. The molecule has 0 spiro atoms. The number of para-hydroxylation sites is 1. The second-order valence-electron chi connectivity index (χ2n) is 5.02. The van der Waals surface area contributed by atoms with Crippen LogP contribution in [-0.2, 0) is 0 Å². The minimum absolute atomic E-state index is 0.434. The molecule has 0 aliphatic carbocycles. The van der Waals surface area contributed by atoms with Crippen LogP contribution < -0.4 is 4.90 Å². The average molecular weight is 241 g/mol. The van der Waals surface area contributed by atoms with E-state index in [1.807, 2.05) is 6.08 Å². The molecular weight excluding hydrogens is 218 g/mol. The molecule has 0 fully saturated rings. The first-order valence-electron chi connectivity index (χ1n) is 6.90. The number of unbranched alkanes of at least 4 members (excludes halogenated alkanes) is 1. The minimum Gasteiger partial charge on any atom is -0.364 e. The number of rotatable bonds is 4. The monoisotopic (exact) mass is 241 g/mol. The molecule has 0 saturated carbocycles. The Morgan fingerprint density at radius 3 is 2.72 bits per heavy atom. The highest BCUT2D eigenvalue weighted by molar-refractivity contribution is 5.83. The first kappa shape index (κ1) is 12.9. The lowest BCUT2D eigenvalue weighted by atomic mass is 9.89. The Bertz CT molecular complexity index is 470. The number of hydrogen-bond donors (Lipinski definition) is 0. The third-order valence-electron chi connectivity index (χ3n) is 3.94. The number of fused-ring (bicyclic) bond motifs is 1. The van der Waals surface area contributed by atoms with Crippen LogP contribution in [0.25, 0.3) is 5.57 Å². The zero-order valence-electron chi connectivity index (χ0n) is 11.7. The predicted octanol–water partition coefficient (Wildman–Crippen LogP) is 4.65. The number of hydrogen-bond acceptors (Lipinski definition) is 1. The second-order valence-corrected chi connectivity index (χ2v) is 5.02. The van der Waals surface area contributed by atoms with Crippen LogP contribution in [0.2, 0.25) is 0 Å². The Morgan fingerprint density at radius 1 is 1.33 bits per heavy atom. The van der Waals surface area contributed by atoms with Gasteiger partial charge in [-0.3, -0.25) is 0 Å². The van der Waals surface area contributed by atoms with Crippen molar-refractivity contribution in [2.75, 3.05) is 11.4 Å². The van der Waals surface area contributed by atoms with E-state index in [0.717, 1.165) is 6.54 Å². The van der Waals surface area contributed by atoms with Gasteiger partial charge in [0.2, 0.25) is 0 Å². The Labute approximate surface area is 111 Å². The fourth-order valence-electron chi connectivity index (χ4n) is 2.85. The van der Waals surface area contributed by atoms with Gasteiger partial charge in [0.25, 0.3) is 0 Å². The molecule has 0 bridgehead atoms. The summed E-state index contributed by atoms with van der Waals surface area (Å²) < 4.78 is 0. The number of nitrogens with zero attached hydrogens (tertiary/aromatic N) is 1. The summed E-state index contributed by atoms with van der Waals surface area (Å²) in [4.78, 5) is 2.52. The van der Waals surface area contributed by atoms with E-state index >= 15 is 0 Å². The van der Waals surface area contributed by atoms with Crippen LogP contribution in [-0.4, -0.2) is 12.6 Å². The fourth-order valence-corrected chi connectivity index (χ4v) is 2.85. The SMILES string of the molecule is C=CC1=C(C)c2ccccc2N(CCCC)C1C. The van der Waals surface area contributed by atoms with Gasteiger partial charge >= 0.3 is 0 Å². The van der Waals surface area contributed by atoms with E-state index in [9.17, 15) is 0 Å². The van der Waals surface area contributed by atoms with Crippen LogP contribution >= 0.6 is 0 Å². The molecule has 1 heteroatoms. The summed E-state index contributed by atoms with van der Waals surface area (Å²) >= 11 is 0. The largest absolute Gasteiger partial charge is 0.364 e. The van der Waals surface area contributed by atoms with Crippen LogP contribution in [0.3, 0.4) is 0 Å². The van der Waals surface area contributed by atoms with E-state index in [1.54, 1.807) is 0 Å². The molecule has 0 radical (unpaired) electrons. The topological polar surface area (TPSA) is 3.24 Å². The van der Waals surface area contributed by atoms with E-state index in [-0.39, 0.29) is 0 Å². The van der Waals surface area contributed by atoms with Gasteiger partial charge in [-0.05, 0) is 37.5 Å². The third kappa shape index (κ3) is 2.10. The summed E-state index contributed by atoms with van der Waals surface area (Å²) in [5, 5.41) is 0. The molecule has 1 aliphatic rings. The molecule has 1 unspecified atom stereocenters. The van der Waals surface area contributed by atoms with Gasteiger partial charge in [-0.1, -0.05) is 44.2 Å². The number of benzene rings is 1. The maximum atomic E-state index is 3.99. The van der Waals surface area contributed by atoms with Crippen molar-refractivity contribution in [2.24, 2.45) is 0 Å². The molecule has 0 amide bonds. The van der Waals surface area contributed by atoms with Crippen molar-refractivity contribution in [1.82, 2.24) is 0 Å². The molecule has 18 heavy (non-hydrogen) atoms. The quantitative estimate of drug-likeness (QED) is 0.741. The Kier molecular flexibility index (Phi) is 3.90. The van der Waals surface area contributed by atoms with Gasteiger partial charge < -0.3 is 4.90 Å². The molecule has 2 rings (SSSR count). The van der Waals surface area contributed by atoms with Crippen LogP contribution in [0.15, 0.2) is 42.5 Å². The fraction of sp³-hybridized carbons (Fsp3) is 0.412. The summed E-state index contributed by atoms with van der Waals surface area (Å²) in [6.45, 7) is 11.9. The Hall–Kier alpha value is -1.50. The van der Waals surface area contributed by atoms with Crippen molar-refractivity contribution in [3.63, 3.8) is 0 Å². The van der Waals surface area contributed by atoms with Crippen LogP contribution in [0.4, 0.5) is 5.69 Å². The summed E-state index contributed by atoms with van der Waals surface area (Å²) in [5.41, 5.74) is 5.48. The number of anilines is 1. The van der Waals surface area contributed by atoms with Crippen molar-refractivity contribution >= 4 is 11.3 Å². The smallest absolute Gasteiger partial charge is 0.0517 e. The summed E-state index contributed by atoms with van der Waals surface area (Å²) in [6.07, 6.45) is 4.49. The highest BCUT2D eigenvalue weighted by Gasteiger charge is 2.26. The van der Waals surface area contributed by atoms with Crippen molar-refractivity contribution in [3.05, 3.63) is 48.1 Å². The first-order valence-corrected chi connectivity index (χ1v) is 6.90. The van der Waals surface area contributed by atoms with Crippen LogP contribution in [0.5, 0.6) is 0 Å². The molecule has 1 heterocycles. The lowest BCUT2D eigenvalue weighted by Crippen LogP contribution is -2.38. The summed E-state index contributed by atoms with van der Waals surface area (Å²) in [5.74, 6) is 0. The molecule has 0 aromatic heterocycles. The highest BCUT2D eigenvalue weighted by atomic mass is 15.2. The second kappa shape index (κ2) is 5.43. The zero-order chi connectivity index (χ0) is 13.1. The average Bonchev–Trinajstić information content (AvgIpc) is 2.39. The maximum Gasteiger partial charge on any atom is 0.0517 e. The van der Waals surface area contributed by atoms with Gasteiger partial charge in [-0.15, -0.1) is 0 Å². The van der Waals surface area contributed by atoms with Gasteiger partial charge in [0.15, 0.2) is 0 Å². The normalized spacial score (nSPS) is 18.8. The third-order valence-corrected chi connectivity index (χ3v) is 3.94. The van der Waals surface area contributed by atoms with E-state index < -0.39 is 0 Å². The first-order chi connectivity index (χ1) is 8.70. The van der Waals surface area contributed by atoms with Gasteiger partial charge in [0, 0.05) is 17.8 Å². The van der Waals surface area contributed by atoms with Crippen molar-refractivity contribution in [2.45, 2.75) is 39.7 Å². The van der Waals surface area contributed by atoms with Crippen molar-refractivity contribution in [1.29, 1.82) is 0 Å². The van der Waals surface area contributed by atoms with Crippen LogP contribution in [0.1, 0.15) is 39.2 Å². The van der Waals surface area contributed by atoms with Gasteiger partial charge in [0.1, 0.15) is 0 Å². The van der Waals surface area contributed by atoms with Gasteiger partial charge in [-0.2, -0.15) is 0 Å². The predicted molar refractivity (Wildman–Crippen MR) is 80.9 cm³/mol. The van der Waals surface area contributed by atoms with E-state index in [2.05, 4.69) is 56.5 Å². The Balaban J connectivity index is 2.48. The van der Waals surface area contributed by atoms with Crippen molar-refractivity contribution in [3.8, 4) is 0 Å². The highest BCUT2D eigenvalue weighted by Crippen LogP contribution is 2.38. The molecular formula is C17H23N. The standard InChI is InChI=1S/C17H23N/c1-5-7-12-18-14(4)15(6-2)13(3)16-10-8-9-11-17(16)18/h6,8-11,14H,2,5,7,12H2,1,3-4H3. The molecule has 0 N–H and O–H groups in total.